The van der Waals surface area contributed by atoms with Crippen molar-refractivity contribution < 1.29 is 4.39 Å². The van der Waals surface area contributed by atoms with Crippen LogP contribution >= 0.6 is 0 Å². The maximum Gasteiger partial charge on any atom is 0.123 e. The lowest BCUT2D eigenvalue weighted by Gasteiger charge is -2.52. The maximum absolute atomic E-state index is 13.8. The van der Waals surface area contributed by atoms with Crippen LogP contribution in [-0.2, 0) is 5.41 Å². The van der Waals surface area contributed by atoms with Crippen molar-refractivity contribution in [1.82, 2.24) is 10.2 Å². The van der Waals surface area contributed by atoms with Crippen molar-refractivity contribution in [2.45, 2.75) is 56.9 Å². The van der Waals surface area contributed by atoms with Gasteiger partial charge >= 0.3 is 0 Å². The van der Waals surface area contributed by atoms with Crippen LogP contribution in [0.2, 0.25) is 0 Å². The molecule has 3 nitrogen and oxygen atoms in total. The summed E-state index contributed by atoms with van der Waals surface area (Å²) in [4.78, 5) is 6.61. The molecular formula is C21H30FN3. The van der Waals surface area contributed by atoms with E-state index >= 15 is 0 Å². The third-order valence-electron chi connectivity index (χ3n) is 6.43. The molecule has 0 atom stereocenters. The van der Waals surface area contributed by atoms with Crippen LogP contribution in [0.15, 0.2) is 41.2 Å². The minimum atomic E-state index is -0.146. The number of hydrogen-bond donors (Lipinski definition) is 1. The molecule has 0 aromatic heterocycles. The van der Waals surface area contributed by atoms with Crippen LogP contribution in [0.1, 0.15) is 51.5 Å². The topological polar surface area (TPSA) is 27.6 Å². The summed E-state index contributed by atoms with van der Waals surface area (Å²) in [7, 11) is 0. The third-order valence-corrected chi connectivity index (χ3v) is 6.43. The molecule has 2 aliphatic rings. The molecule has 1 fully saturated rings. The third kappa shape index (κ3) is 3.19. The van der Waals surface area contributed by atoms with E-state index in [1.165, 1.54) is 11.8 Å². The zero-order valence-corrected chi connectivity index (χ0v) is 15.5. The summed E-state index contributed by atoms with van der Waals surface area (Å²) in [5, 5.41) is 3.52. The molecule has 0 spiro atoms. The SMILES string of the molecule is C=NCCC1(c2cccc(F)c2)CCN(C2=CNC2(CC)CC)CC1. The van der Waals surface area contributed by atoms with Gasteiger partial charge in [-0.15, -0.1) is 0 Å². The Balaban J connectivity index is 1.77. The molecule has 136 valence electrons. The fourth-order valence-corrected chi connectivity index (χ4v) is 4.52. The van der Waals surface area contributed by atoms with Gasteiger partial charge in [-0.1, -0.05) is 26.0 Å². The standard InChI is InChI=1S/C21H30FN3/c1-4-21(5-2)19(16-24-21)25-13-10-20(11-14-25,9-12-23-3)17-7-6-8-18(22)15-17/h6-8,15-16,24H,3-5,9-14H2,1-2H3. The fraction of sp³-hybridized carbons (Fsp3) is 0.571. The van der Waals surface area contributed by atoms with E-state index in [1.54, 1.807) is 6.07 Å². The van der Waals surface area contributed by atoms with Crippen LogP contribution < -0.4 is 5.32 Å². The van der Waals surface area contributed by atoms with Crippen LogP contribution in [0.5, 0.6) is 0 Å². The van der Waals surface area contributed by atoms with Crippen molar-refractivity contribution in [2.24, 2.45) is 4.99 Å². The average molecular weight is 343 g/mol. The molecule has 0 amide bonds. The second-order valence-electron chi connectivity index (χ2n) is 7.44. The zero-order chi connectivity index (χ0) is 17.9. The molecule has 0 saturated carbocycles. The molecule has 0 aliphatic carbocycles. The van der Waals surface area contributed by atoms with Crippen LogP contribution in [-0.4, -0.2) is 36.8 Å². The molecule has 1 saturated heterocycles. The van der Waals surface area contributed by atoms with Crippen LogP contribution in [0.4, 0.5) is 4.39 Å². The van der Waals surface area contributed by atoms with Crippen molar-refractivity contribution in [3.05, 3.63) is 47.5 Å². The molecule has 25 heavy (non-hydrogen) atoms. The maximum atomic E-state index is 13.8. The highest BCUT2D eigenvalue weighted by molar-refractivity contribution is 5.32. The van der Waals surface area contributed by atoms with Crippen LogP contribution in [0.3, 0.4) is 0 Å². The highest BCUT2D eigenvalue weighted by Gasteiger charge is 2.43. The van der Waals surface area contributed by atoms with E-state index in [9.17, 15) is 4.39 Å². The first-order valence-corrected chi connectivity index (χ1v) is 9.51. The van der Waals surface area contributed by atoms with Gasteiger partial charge in [0.1, 0.15) is 5.82 Å². The minimum Gasteiger partial charge on any atom is -0.378 e. The first kappa shape index (κ1) is 18.0. The number of aliphatic imine (C=N–C) groups is 1. The van der Waals surface area contributed by atoms with E-state index in [0.29, 0.717) is 0 Å². The van der Waals surface area contributed by atoms with Crippen molar-refractivity contribution in [3.8, 4) is 0 Å². The van der Waals surface area contributed by atoms with E-state index in [-0.39, 0.29) is 16.8 Å². The summed E-state index contributed by atoms with van der Waals surface area (Å²) in [6.07, 6.45) is 7.41. The first-order valence-electron chi connectivity index (χ1n) is 9.51. The number of nitrogens with zero attached hydrogens (tertiary/aromatic N) is 2. The Morgan fingerprint density at radius 3 is 2.48 bits per heavy atom. The van der Waals surface area contributed by atoms with E-state index in [4.69, 9.17) is 0 Å². The number of benzene rings is 1. The molecule has 1 N–H and O–H groups in total. The van der Waals surface area contributed by atoms with Gasteiger partial charge < -0.3 is 15.2 Å². The van der Waals surface area contributed by atoms with Gasteiger partial charge in [0.15, 0.2) is 0 Å². The van der Waals surface area contributed by atoms with E-state index in [2.05, 4.69) is 48.0 Å². The van der Waals surface area contributed by atoms with Crippen LogP contribution in [0.25, 0.3) is 0 Å². The van der Waals surface area contributed by atoms with Crippen molar-refractivity contribution in [2.75, 3.05) is 19.6 Å². The Labute approximate surface area is 151 Å². The highest BCUT2D eigenvalue weighted by Crippen LogP contribution is 2.42. The summed E-state index contributed by atoms with van der Waals surface area (Å²) in [6.45, 7) is 10.9. The van der Waals surface area contributed by atoms with Gasteiger partial charge in [0, 0.05) is 31.2 Å². The Morgan fingerprint density at radius 1 is 1.24 bits per heavy atom. The van der Waals surface area contributed by atoms with Gasteiger partial charge in [0.2, 0.25) is 0 Å². The second kappa shape index (κ2) is 7.19. The number of likely N-dealkylation sites (tertiary alicyclic amines) is 1. The summed E-state index contributed by atoms with van der Waals surface area (Å²) in [5.41, 5.74) is 2.74. The van der Waals surface area contributed by atoms with Crippen LogP contribution in [0, 0.1) is 5.82 Å². The smallest absolute Gasteiger partial charge is 0.123 e. The van der Waals surface area contributed by atoms with Crippen molar-refractivity contribution >= 4 is 6.72 Å². The Bertz CT molecular complexity index is 640. The van der Waals surface area contributed by atoms with E-state index < -0.39 is 0 Å². The number of halogens is 1. The second-order valence-corrected chi connectivity index (χ2v) is 7.44. The predicted molar refractivity (Wildman–Crippen MR) is 102 cm³/mol. The first-order chi connectivity index (χ1) is 12.1. The molecule has 0 radical (unpaired) electrons. The monoisotopic (exact) mass is 343 g/mol. The summed E-state index contributed by atoms with van der Waals surface area (Å²) < 4.78 is 13.8. The fourth-order valence-electron chi connectivity index (χ4n) is 4.52. The zero-order valence-electron chi connectivity index (χ0n) is 15.5. The molecular weight excluding hydrogens is 313 g/mol. The molecule has 3 rings (SSSR count). The Hall–Kier alpha value is -1.84. The predicted octanol–water partition coefficient (Wildman–Crippen LogP) is 4.25. The van der Waals surface area contributed by atoms with Gasteiger partial charge in [0.05, 0.1) is 11.2 Å². The lowest BCUT2D eigenvalue weighted by molar-refractivity contribution is 0.141. The summed E-state index contributed by atoms with van der Waals surface area (Å²) >= 11 is 0. The molecule has 1 aromatic rings. The normalized spacial score (nSPS) is 21.1. The van der Waals surface area contributed by atoms with E-state index in [0.717, 1.165) is 57.3 Å². The number of nitrogens with one attached hydrogen (secondary N) is 1. The number of piperidine rings is 1. The van der Waals surface area contributed by atoms with Gasteiger partial charge in [-0.25, -0.2) is 4.39 Å². The highest BCUT2D eigenvalue weighted by atomic mass is 19.1. The lowest BCUT2D eigenvalue weighted by Crippen LogP contribution is -2.58. The van der Waals surface area contributed by atoms with Gasteiger partial charge in [-0.2, -0.15) is 0 Å². The summed E-state index contributed by atoms with van der Waals surface area (Å²) in [5.74, 6) is -0.146. The van der Waals surface area contributed by atoms with Crippen molar-refractivity contribution in [3.63, 3.8) is 0 Å². The molecule has 1 aromatic carbocycles. The van der Waals surface area contributed by atoms with E-state index in [1.807, 2.05) is 6.07 Å². The quantitative estimate of drug-likeness (QED) is 0.749. The largest absolute Gasteiger partial charge is 0.378 e. The average Bonchev–Trinajstić information content (AvgIpc) is 2.62. The Kier molecular flexibility index (Phi) is 5.16. The molecule has 0 unspecified atom stereocenters. The Morgan fingerprint density at radius 2 is 1.96 bits per heavy atom. The van der Waals surface area contributed by atoms with Crippen molar-refractivity contribution in [1.29, 1.82) is 0 Å². The van der Waals surface area contributed by atoms with Gasteiger partial charge in [-0.3, -0.25) is 0 Å². The molecule has 2 aliphatic heterocycles. The number of rotatable bonds is 7. The number of hydrogen-bond acceptors (Lipinski definition) is 3. The molecule has 4 heteroatoms. The lowest BCUT2D eigenvalue weighted by atomic mass is 9.69. The van der Waals surface area contributed by atoms with Gasteiger partial charge in [-0.05, 0) is 56.5 Å². The summed E-state index contributed by atoms with van der Waals surface area (Å²) in [6, 6.07) is 7.15. The molecule has 2 heterocycles. The molecule has 0 bridgehead atoms. The minimum absolute atomic E-state index is 0.0125. The van der Waals surface area contributed by atoms with Gasteiger partial charge in [0.25, 0.3) is 0 Å².